The van der Waals surface area contributed by atoms with Gasteiger partial charge >= 0.3 is 0 Å². The highest BCUT2D eigenvalue weighted by molar-refractivity contribution is 5.76. The Morgan fingerprint density at radius 2 is 2.16 bits per heavy atom. The highest BCUT2D eigenvalue weighted by Gasteiger charge is 2.45. The molecule has 2 aromatic rings. The molecule has 1 N–H and O–H groups in total. The molecule has 0 spiro atoms. The Bertz CT molecular complexity index is 759. The largest absolute Gasteiger partial charge is 0.340 e. The van der Waals surface area contributed by atoms with Crippen LogP contribution in [0.2, 0.25) is 0 Å². The van der Waals surface area contributed by atoms with Gasteiger partial charge in [0.2, 0.25) is 5.91 Å². The first-order chi connectivity index (χ1) is 12.0. The first-order valence-electron chi connectivity index (χ1n) is 9.21. The van der Waals surface area contributed by atoms with Gasteiger partial charge < -0.3 is 4.90 Å². The molecular formula is C18H26N6O. The quantitative estimate of drug-likeness (QED) is 0.902. The van der Waals surface area contributed by atoms with Gasteiger partial charge in [-0.2, -0.15) is 10.2 Å². The van der Waals surface area contributed by atoms with Gasteiger partial charge in [-0.05, 0) is 37.7 Å². The van der Waals surface area contributed by atoms with Crippen LogP contribution in [-0.2, 0) is 11.3 Å². The number of aromatic amines is 1. The van der Waals surface area contributed by atoms with Crippen LogP contribution in [0.15, 0.2) is 12.3 Å². The second-order valence-electron chi connectivity index (χ2n) is 7.79. The number of aromatic nitrogens is 5. The summed E-state index contributed by atoms with van der Waals surface area (Å²) in [7, 11) is 0. The highest BCUT2D eigenvalue weighted by Crippen LogP contribution is 2.47. The second kappa shape index (κ2) is 6.28. The summed E-state index contributed by atoms with van der Waals surface area (Å²) in [6.07, 6.45) is 4.41. The normalized spacial score (nSPS) is 23.6. The van der Waals surface area contributed by atoms with Gasteiger partial charge in [0.25, 0.3) is 0 Å². The topological polar surface area (TPSA) is 79.7 Å². The summed E-state index contributed by atoms with van der Waals surface area (Å²) in [6, 6.07) is 1.93. The second-order valence-corrected chi connectivity index (χ2v) is 7.79. The smallest absolute Gasteiger partial charge is 0.244 e. The lowest BCUT2D eigenvalue weighted by atomic mass is 9.91. The SMILES string of the molecule is Cc1ccn(CC(=O)N2C[C@H](c3nc(C(C)C)n[nH]3)[C@@H](C3CC3)C2)n1. The number of nitrogens with zero attached hydrogens (tertiary/aromatic N) is 5. The Hall–Kier alpha value is -2.18. The van der Waals surface area contributed by atoms with E-state index in [0.717, 1.165) is 36.4 Å². The fourth-order valence-electron chi connectivity index (χ4n) is 3.83. The molecule has 2 fully saturated rings. The number of nitrogens with one attached hydrogen (secondary N) is 1. The van der Waals surface area contributed by atoms with E-state index in [4.69, 9.17) is 4.98 Å². The lowest BCUT2D eigenvalue weighted by Gasteiger charge is -2.16. The Morgan fingerprint density at radius 1 is 1.36 bits per heavy atom. The number of carbonyl (C=O) groups is 1. The third-order valence-electron chi connectivity index (χ3n) is 5.40. The van der Waals surface area contributed by atoms with Gasteiger partial charge in [0.1, 0.15) is 12.4 Å². The first kappa shape index (κ1) is 16.3. The maximum atomic E-state index is 12.7. The maximum absolute atomic E-state index is 12.7. The van der Waals surface area contributed by atoms with Crippen LogP contribution < -0.4 is 0 Å². The fourth-order valence-corrected chi connectivity index (χ4v) is 3.83. The number of hydrogen-bond acceptors (Lipinski definition) is 4. The molecule has 2 atom stereocenters. The van der Waals surface area contributed by atoms with Crippen molar-refractivity contribution in [2.45, 2.75) is 52.0 Å². The number of amides is 1. The Kier molecular flexibility index (Phi) is 4.09. The molecule has 25 heavy (non-hydrogen) atoms. The predicted molar refractivity (Wildman–Crippen MR) is 93.0 cm³/mol. The highest BCUT2D eigenvalue weighted by atomic mass is 16.2. The zero-order valence-electron chi connectivity index (χ0n) is 15.1. The molecule has 0 aromatic carbocycles. The summed E-state index contributed by atoms with van der Waals surface area (Å²) < 4.78 is 1.72. The van der Waals surface area contributed by atoms with Gasteiger partial charge in [-0.25, -0.2) is 4.98 Å². The average molecular weight is 342 g/mol. The van der Waals surface area contributed by atoms with E-state index in [2.05, 4.69) is 29.1 Å². The van der Waals surface area contributed by atoms with Crippen molar-refractivity contribution in [1.82, 2.24) is 29.9 Å². The standard InChI is InChI=1S/C18H26N6O/c1-11(2)17-19-18(21-20-17)15-9-23(8-14(15)13-4-5-13)16(25)10-24-7-6-12(3)22-24/h6-7,11,13-15H,4-5,8-10H2,1-3H3,(H,19,20,21)/t14-,15+/m1/s1. The molecule has 134 valence electrons. The molecule has 3 heterocycles. The summed E-state index contributed by atoms with van der Waals surface area (Å²) >= 11 is 0. The molecule has 1 amide bonds. The van der Waals surface area contributed by atoms with E-state index in [1.54, 1.807) is 4.68 Å². The molecule has 1 saturated heterocycles. The third-order valence-corrected chi connectivity index (χ3v) is 5.40. The predicted octanol–water partition coefficient (Wildman–Crippen LogP) is 2.09. The van der Waals surface area contributed by atoms with Gasteiger partial charge in [-0.3, -0.25) is 14.6 Å². The van der Waals surface area contributed by atoms with E-state index >= 15 is 0 Å². The minimum atomic E-state index is 0.139. The van der Waals surface area contributed by atoms with Gasteiger partial charge in [-0.15, -0.1) is 0 Å². The lowest BCUT2D eigenvalue weighted by Crippen LogP contribution is -2.32. The number of aryl methyl sites for hydroxylation is 1. The van der Waals surface area contributed by atoms with Crippen molar-refractivity contribution in [3.63, 3.8) is 0 Å². The van der Waals surface area contributed by atoms with E-state index in [9.17, 15) is 4.79 Å². The van der Waals surface area contributed by atoms with E-state index < -0.39 is 0 Å². The van der Waals surface area contributed by atoms with Gasteiger partial charge in [0.15, 0.2) is 5.82 Å². The molecule has 0 unspecified atom stereocenters. The number of likely N-dealkylation sites (tertiary alicyclic amines) is 1. The molecule has 2 aliphatic rings. The number of carbonyl (C=O) groups excluding carboxylic acids is 1. The summed E-state index contributed by atoms with van der Waals surface area (Å²) in [4.78, 5) is 19.4. The van der Waals surface area contributed by atoms with Crippen LogP contribution in [0.1, 0.15) is 55.9 Å². The van der Waals surface area contributed by atoms with Crippen LogP contribution in [0.3, 0.4) is 0 Å². The van der Waals surface area contributed by atoms with Crippen LogP contribution >= 0.6 is 0 Å². The van der Waals surface area contributed by atoms with E-state index in [0.29, 0.717) is 18.4 Å². The van der Waals surface area contributed by atoms with Crippen LogP contribution in [0.25, 0.3) is 0 Å². The minimum Gasteiger partial charge on any atom is -0.340 e. The van der Waals surface area contributed by atoms with Gasteiger partial charge in [-0.1, -0.05) is 13.8 Å². The van der Waals surface area contributed by atoms with Crippen molar-refractivity contribution >= 4 is 5.91 Å². The molecule has 0 bridgehead atoms. The van der Waals surface area contributed by atoms with E-state index in [1.165, 1.54) is 12.8 Å². The van der Waals surface area contributed by atoms with E-state index in [-0.39, 0.29) is 11.8 Å². The van der Waals surface area contributed by atoms with Crippen molar-refractivity contribution in [2.24, 2.45) is 11.8 Å². The third kappa shape index (κ3) is 3.32. The molecule has 4 rings (SSSR count). The minimum absolute atomic E-state index is 0.139. The zero-order chi connectivity index (χ0) is 17.6. The Labute approximate surface area is 147 Å². The number of H-pyrrole nitrogens is 1. The number of hydrogen-bond donors (Lipinski definition) is 1. The molecule has 1 saturated carbocycles. The summed E-state index contributed by atoms with van der Waals surface area (Å²) in [5.74, 6) is 3.76. The molecule has 7 nitrogen and oxygen atoms in total. The van der Waals surface area contributed by atoms with Crippen LogP contribution in [-0.4, -0.2) is 48.9 Å². The molecule has 0 radical (unpaired) electrons. The lowest BCUT2D eigenvalue weighted by molar-refractivity contribution is -0.131. The van der Waals surface area contributed by atoms with Crippen LogP contribution in [0.5, 0.6) is 0 Å². The summed E-state index contributed by atoms with van der Waals surface area (Å²) in [5.41, 5.74) is 0.936. The molecular weight excluding hydrogens is 316 g/mol. The first-order valence-corrected chi connectivity index (χ1v) is 9.21. The molecule has 2 aromatic heterocycles. The van der Waals surface area contributed by atoms with Crippen molar-refractivity contribution in [1.29, 1.82) is 0 Å². The number of rotatable bonds is 5. The van der Waals surface area contributed by atoms with Crippen LogP contribution in [0.4, 0.5) is 0 Å². The van der Waals surface area contributed by atoms with Crippen molar-refractivity contribution < 1.29 is 4.79 Å². The fraction of sp³-hybridized carbons (Fsp3) is 0.667. The van der Waals surface area contributed by atoms with Gasteiger partial charge in [0, 0.05) is 31.1 Å². The maximum Gasteiger partial charge on any atom is 0.244 e. The zero-order valence-corrected chi connectivity index (χ0v) is 15.1. The Balaban J connectivity index is 1.49. The summed E-state index contributed by atoms with van der Waals surface area (Å²) in [6.45, 7) is 8.00. The molecule has 1 aliphatic carbocycles. The monoisotopic (exact) mass is 342 g/mol. The van der Waals surface area contributed by atoms with E-state index in [1.807, 2.05) is 24.1 Å². The van der Waals surface area contributed by atoms with Crippen molar-refractivity contribution in [3.8, 4) is 0 Å². The molecule has 1 aliphatic heterocycles. The van der Waals surface area contributed by atoms with Crippen LogP contribution in [0, 0.1) is 18.8 Å². The summed E-state index contributed by atoms with van der Waals surface area (Å²) in [5, 5.41) is 11.8. The van der Waals surface area contributed by atoms with Gasteiger partial charge in [0.05, 0.1) is 5.69 Å². The van der Waals surface area contributed by atoms with Crippen molar-refractivity contribution in [3.05, 3.63) is 29.6 Å². The Morgan fingerprint density at radius 3 is 2.76 bits per heavy atom. The average Bonchev–Trinajstić information content (AvgIpc) is 3.00. The van der Waals surface area contributed by atoms with Crippen molar-refractivity contribution in [2.75, 3.05) is 13.1 Å². The molecule has 7 heteroatoms.